The van der Waals surface area contributed by atoms with Crippen molar-refractivity contribution in [3.63, 3.8) is 0 Å². The zero-order valence-corrected chi connectivity index (χ0v) is 10.3. The van der Waals surface area contributed by atoms with Gasteiger partial charge in [-0.05, 0) is 25.7 Å². The van der Waals surface area contributed by atoms with Crippen molar-refractivity contribution in [3.8, 4) is 0 Å². The lowest BCUT2D eigenvalue weighted by Gasteiger charge is -2.28. The van der Waals surface area contributed by atoms with Crippen molar-refractivity contribution < 1.29 is 0 Å². The van der Waals surface area contributed by atoms with Crippen LogP contribution in [0.2, 0.25) is 0 Å². The van der Waals surface area contributed by atoms with E-state index in [1.807, 2.05) is 13.2 Å². The SMILES string of the molecule is C[C@H](NCc1cn(C)nn1)C1CCCCC1. The van der Waals surface area contributed by atoms with Crippen LogP contribution in [0, 0.1) is 5.92 Å². The summed E-state index contributed by atoms with van der Waals surface area (Å²) in [5.74, 6) is 0.852. The van der Waals surface area contributed by atoms with Gasteiger partial charge in [-0.2, -0.15) is 0 Å². The molecule has 2 rings (SSSR count). The number of nitrogens with one attached hydrogen (secondary N) is 1. The van der Waals surface area contributed by atoms with Crippen LogP contribution in [0.25, 0.3) is 0 Å². The molecular weight excluding hydrogens is 200 g/mol. The number of aromatic nitrogens is 3. The van der Waals surface area contributed by atoms with Crippen LogP contribution < -0.4 is 5.32 Å². The van der Waals surface area contributed by atoms with Gasteiger partial charge in [0.2, 0.25) is 0 Å². The van der Waals surface area contributed by atoms with Crippen LogP contribution in [0.4, 0.5) is 0 Å². The molecule has 1 atom stereocenters. The number of aryl methyl sites for hydroxylation is 1. The highest BCUT2D eigenvalue weighted by atomic mass is 15.4. The molecular formula is C12H22N4. The zero-order chi connectivity index (χ0) is 11.4. The predicted molar refractivity (Wildman–Crippen MR) is 63.9 cm³/mol. The summed E-state index contributed by atoms with van der Waals surface area (Å²) in [7, 11) is 1.90. The maximum Gasteiger partial charge on any atom is 0.0964 e. The van der Waals surface area contributed by atoms with E-state index in [1.165, 1.54) is 32.1 Å². The summed E-state index contributed by atoms with van der Waals surface area (Å²) in [6.45, 7) is 3.14. The van der Waals surface area contributed by atoms with Gasteiger partial charge < -0.3 is 5.32 Å². The minimum Gasteiger partial charge on any atom is -0.308 e. The average Bonchev–Trinajstić information content (AvgIpc) is 2.73. The standard InChI is InChI=1S/C12H22N4/c1-10(11-6-4-3-5-7-11)13-8-12-9-16(2)15-14-12/h9-11,13H,3-8H2,1-2H3/t10-/m0/s1. The van der Waals surface area contributed by atoms with E-state index < -0.39 is 0 Å². The van der Waals surface area contributed by atoms with E-state index in [4.69, 9.17) is 0 Å². The lowest BCUT2D eigenvalue weighted by molar-refractivity contribution is 0.280. The van der Waals surface area contributed by atoms with E-state index >= 15 is 0 Å². The summed E-state index contributed by atoms with van der Waals surface area (Å²) >= 11 is 0. The summed E-state index contributed by atoms with van der Waals surface area (Å²) in [5, 5.41) is 11.6. The predicted octanol–water partition coefficient (Wildman–Crippen LogP) is 1.87. The molecule has 0 aliphatic heterocycles. The quantitative estimate of drug-likeness (QED) is 0.845. The van der Waals surface area contributed by atoms with E-state index in [0.717, 1.165) is 18.2 Å². The molecule has 0 unspecified atom stereocenters. The zero-order valence-electron chi connectivity index (χ0n) is 10.3. The second-order valence-corrected chi connectivity index (χ2v) is 4.95. The van der Waals surface area contributed by atoms with Crippen molar-refractivity contribution in [1.29, 1.82) is 0 Å². The van der Waals surface area contributed by atoms with E-state index in [-0.39, 0.29) is 0 Å². The molecule has 1 aromatic rings. The van der Waals surface area contributed by atoms with Gasteiger partial charge in [0, 0.05) is 25.8 Å². The molecule has 1 aromatic heterocycles. The Morgan fingerprint density at radius 2 is 2.19 bits per heavy atom. The Hall–Kier alpha value is -0.900. The van der Waals surface area contributed by atoms with E-state index in [1.54, 1.807) is 4.68 Å². The first-order valence-electron chi connectivity index (χ1n) is 6.34. The topological polar surface area (TPSA) is 42.7 Å². The minimum atomic E-state index is 0.599. The number of rotatable bonds is 4. The molecule has 0 amide bonds. The molecule has 1 N–H and O–H groups in total. The third-order valence-corrected chi connectivity index (χ3v) is 3.61. The highest BCUT2D eigenvalue weighted by molar-refractivity contribution is 4.92. The Labute approximate surface area is 97.4 Å². The fourth-order valence-electron chi connectivity index (χ4n) is 2.54. The van der Waals surface area contributed by atoms with E-state index in [0.29, 0.717) is 6.04 Å². The van der Waals surface area contributed by atoms with Crippen LogP contribution in [0.15, 0.2) is 6.20 Å². The Kier molecular flexibility index (Phi) is 3.93. The molecule has 4 nitrogen and oxygen atoms in total. The largest absolute Gasteiger partial charge is 0.308 e. The fourth-order valence-corrected chi connectivity index (χ4v) is 2.54. The number of nitrogens with zero attached hydrogens (tertiary/aromatic N) is 3. The number of hydrogen-bond donors (Lipinski definition) is 1. The van der Waals surface area contributed by atoms with Gasteiger partial charge in [0.1, 0.15) is 0 Å². The van der Waals surface area contributed by atoms with Crippen LogP contribution in [0.3, 0.4) is 0 Å². The molecule has 0 aromatic carbocycles. The first-order chi connectivity index (χ1) is 7.75. The molecule has 4 heteroatoms. The van der Waals surface area contributed by atoms with Gasteiger partial charge in [-0.1, -0.05) is 24.5 Å². The normalized spacial score (nSPS) is 19.9. The maximum absolute atomic E-state index is 4.08. The molecule has 1 heterocycles. The van der Waals surface area contributed by atoms with Gasteiger partial charge in [-0.25, -0.2) is 0 Å². The third-order valence-electron chi connectivity index (χ3n) is 3.61. The van der Waals surface area contributed by atoms with Crippen molar-refractivity contribution in [3.05, 3.63) is 11.9 Å². The lowest BCUT2D eigenvalue weighted by atomic mass is 9.84. The van der Waals surface area contributed by atoms with Crippen LogP contribution in [0.1, 0.15) is 44.7 Å². The third kappa shape index (κ3) is 3.04. The Morgan fingerprint density at radius 3 is 2.81 bits per heavy atom. The van der Waals surface area contributed by atoms with E-state index in [2.05, 4.69) is 22.6 Å². The molecule has 0 spiro atoms. The summed E-state index contributed by atoms with van der Waals surface area (Å²) in [6, 6.07) is 0.599. The Bertz CT molecular complexity index is 315. The second kappa shape index (κ2) is 5.43. The summed E-state index contributed by atoms with van der Waals surface area (Å²) in [4.78, 5) is 0. The molecule has 1 fully saturated rings. The molecule has 0 bridgehead atoms. The summed E-state index contributed by atoms with van der Waals surface area (Å²) in [6.07, 6.45) is 8.97. The number of hydrogen-bond acceptors (Lipinski definition) is 3. The molecule has 0 saturated heterocycles. The lowest BCUT2D eigenvalue weighted by Crippen LogP contribution is -2.34. The average molecular weight is 222 g/mol. The van der Waals surface area contributed by atoms with Crippen molar-refractivity contribution >= 4 is 0 Å². The van der Waals surface area contributed by atoms with Crippen molar-refractivity contribution in [1.82, 2.24) is 20.3 Å². The van der Waals surface area contributed by atoms with Gasteiger partial charge in [0.05, 0.1) is 5.69 Å². The Morgan fingerprint density at radius 1 is 1.44 bits per heavy atom. The van der Waals surface area contributed by atoms with Crippen molar-refractivity contribution in [2.45, 2.75) is 51.6 Å². The van der Waals surface area contributed by atoms with Crippen molar-refractivity contribution in [2.75, 3.05) is 0 Å². The molecule has 1 aliphatic rings. The molecule has 1 aliphatic carbocycles. The minimum absolute atomic E-state index is 0.599. The highest BCUT2D eigenvalue weighted by Gasteiger charge is 2.19. The maximum atomic E-state index is 4.08. The van der Waals surface area contributed by atoms with Gasteiger partial charge in [-0.15, -0.1) is 5.10 Å². The van der Waals surface area contributed by atoms with Crippen LogP contribution in [-0.2, 0) is 13.6 Å². The van der Waals surface area contributed by atoms with E-state index in [9.17, 15) is 0 Å². The smallest absolute Gasteiger partial charge is 0.0964 e. The van der Waals surface area contributed by atoms with Gasteiger partial charge >= 0.3 is 0 Å². The summed E-state index contributed by atoms with van der Waals surface area (Å²) in [5.41, 5.74) is 1.03. The van der Waals surface area contributed by atoms with Gasteiger partial charge in [-0.3, -0.25) is 4.68 Å². The van der Waals surface area contributed by atoms with Crippen LogP contribution >= 0.6 is 0 Å². The van der Waals surface area contributed by atoms with Gasteiger partial charge in [0.25, 0.3) is 0 Å². The fraction of sp³-hybridized carbons (Fsp3) is 0.833. The van der Waals surface area contributed by atoms with Crippen LogP contribution in [-0.4, -0.2) is 21.0 Å². The highest BCUT2D eigenvalue weighted by Crippen LogP contribution is 2.26. The van der Waals surface area contributed by atoms with Crippen molar-refractivity contribution in [2.24, 2.45) is 13.0 Å². The molecule has 16 heavy (non-hydrogen) atoms. The molecule has 1 saturated carbocycles. The van der Waals surface area contributed by atoms with Gasteiger partial charge in [0.15, 0.2) is 0 Å². The summed E-state index contributed by atoms with van der Waals surface area (Å²) < 4.78 is 1.75. The monoisotopic (exact) mass is 222 g/mol. The first kappa shape index (κ1) is 11.6. The Balaban J connectivity index is 1.76. The van der Waals surface area contributed by atoms with Crippen LogP contribution in [0.5, 0.6) is 0 Å². The first-order valence-corrected chi connectivity index (χ1v) is 6.34. The molecule has 0 radical (unpaired) electrons. The second-order valence-electron chi connectivity index (χ2n) is 4.95. The molecule has 90 valence electrons.